The zero-order valence-electron chi connectivity index (χ0n) is 15.4. The van der Waals surface area contributed by atoms with Crippen LogP contribution in [0.25, 0.3) is 11.2 Å². The van der Waals surface area contributed by atoms with Crippen LogP contribution in [-0.2, 0) is 23.1 Å². The molecule has 0 aromatic carbocycles. The molecular formula is C14H20ClN6O8P. The highest BCUT2D eigenvalue weighted by molar-refractivity contribution is 7.47. The Balaban J connectivity index is 1.56. The van der Waals surface area contributed by atoms with Gasteiger partial charge in [-0.1, -0.05) is 0 Å². The van der Waals surface area contributed by atoms with E-state index in [4.69, 9.17) is 31.1 Å². The molecule has 0 saturated carbocycles. The smallest absolute Gasteiger partial charge is 0.390 e. The van der Waals surface area contributed by atoms with Crippen LogP contribution in [0.2, 0.25) is 0 Å². The van der Waals surface area contributed by atoms with E-state index in [9.17, 15) is 24.2 Å². The molecule has 30 heavy (non-hydrogen) atoms. The highest BCUT2D eigenvalue weighted by atomic mass is 35.5. The van der Waals surface area contributed by atoms with Crippen LogP contribution in [0, 0.1) is 0 Å². The van der Waals surface area contributed by atoms with Gasteiger partial charge in [0, 0.05) is 13.0 Å². The lowest BCUT2D eigenvalue weighted by Gasteiger charge is -2.18. The summed E-state index contributed by atoms with van der Waals surface area (Å²) in [5.41, 5.74) is 5.26. The van der Waals surface area contributed by atoms with Crippen molar-refractivity contribution in [3.8, 4) is 0 Å². The summed E-state index contributed by atoms with van der Waals surface area (Å²) in [6.07, 6.45) is -1.32. The number of amides is 1. The number of aliphatic hydroxyl groups excluding tert-OH is 1. The molecule has 1 aliphatic heterocycles. The van der Waals surface area contributed by atoms with Crippen molar-refractivity contribution in [2.45, 2.75) is 24.9 Å². The second kappa shape index (κ2) is 9.39. The van der Waals surface area contributed by atoms with Crippen molar-refractivity contribution in [1.82, 2.24) is 24.8 Å². The van der Waals surface area contributed by atoms with Gasteiger partial charge in [-0.3, -0.25) is 28.2 Å². The fraction of sp³-hybridized carbons (Fsp3) is 0.571. The van der Waals surface area contributed by atoms with E-state index in [1.165, 1.54) is 10.9 Å². The van der Waals surface area contributed by atoms with Gasteiger partial charge in [0.1, 0.15) is 18.2 Å². The van der Waals surface area contributed by atoms with Crippen molar-refractivity contribution in [3.05, 3.63) is 16.7 Å². The summed E-state index contributed by atoms with van der Waals surface area (Å²) in [7, 11) is -4.44. The molecule has 2 aromatic heterocycles. The number of alkyl halides is 1. The number of nitrogen functional groups attached to an aromatic ring is 1. The summed E-state index contributed by atoms with van der Waals surface area (Å²) in [6.45, 7) is -0.759. The van der Waals surface area contributed by atoms with Crippen molar-refractivity contribution < 1.29 is 33.1 Å². The van der Waals surface area contributed by atoms with Crippen LogP contribution in [0.1, 0.15) is 12.6 Å². The van der Waals surface area contributed by atoms with Gasteiger partial charge in [0.25, 0.3) is 5.56 Å². The summed E-state index contributed by atoms with van der Waals surface area (Å²) in [5.74, 6) is -0.797. The number of H-pyrrole nitrogens is 1. The molecule has 2 aromatic rings. The van der Waals surface area contributed by atoms with Crippen molar-refractivity contribution in [2.75, 3.05) is 31.4 Å². The van der Waals surface area contributed by atoms with Crippen LogP contribution in [0.5, 0.6) is 0 Å². The highest BCUT2D eigenvalue weighted by Gasteiger charge is 2.38. The Morgan fingerprint density at radius 1 is 1.53 bits per heavy atom. The highest BCUT2D eigenvalue weighted by Crippen LogP contribution is 2.44. The van der Waals surface area contributed by atoms with Crippen molar-refractivity contribution in [1.29, 1.82) is 0 Å². The fourth-order valence-electron chi connectivity index (χ4n) is 2.79. The quantitative estimate of drug-likeness (QED) is 0.169. The third-order valence-electron chi connectivity index (χ3n) is 4.17. The number of aliphatic hydroxyl groups is 1. The number of phosphoric acid groups is 1. The average Bonchev–Trinajstić information content (AvgIpc) is 3.26. The Morgan fingerprint density at radius 2 is 2.30 bits per heavy atom. The number of carbonyl (C=O) groups is 1. The Morgan fingerprint density at radius 3 is 3.03 bits per heavy atom. The van der Waals surface area contributed by atoms with Gasteiger partial charge in [0.15, 0.2) is 11.2 Å². The molecule has 0 aliphatic carbocycles. The first-order valence-electron chi connectivity index (χ1n) is 8.70. The Labute approximate surface area is 173 Å². The molecule has 166 valence electrons. The molecule has 1 saturated heterocycles. The molecule has 0 radical (unpaired) electrons. The largest absolute Gasteiger partial charge is 0.472 e. The molecular weight excluding hydrogens is 447 g/mol. The number of nitrogens with zero attached hydrogens (tertiary/aromatic N) is 3. The van der Waals surface area contributed by atoms with Gasteiger partial charge in [-0.15, -0.1) is 11.6 Å². The monoisotopic (exact) mass is 466 g/mol. The van der Waals surface area contributed by atoms with E-state index in [2.05, 4.69) is 20.3 Å². The van der Waals surface area contributed by atoms with Crippen LogP contribution in [0.4, 0.5) is 5.95 Å². The fourth-order valence-corrected chi connectivity index (χ4v) is 3.62. The number of aromatic nitrogens is 4. The SMILES string of the molecule is Nc1nc2c(ncn2[C@H]2C[C@@H](O)[C@@H](COP(=O)(O)OCCNC(=O)CCl)O2)c(=O)[nH]1. The van der Waals surface area contributed by atoms with Crippen LogP contribution in [0.3, 0.4) is 0 Å². The number of ether oxygens (including phenoxy) is 1. The molecule has 1 aliphatic rings. The van der Waals surface area contributed by atoms with Gasteiger partial charge in [-0.05, 0) is 0 Å². The maximum absolute atomic E-state index is 11.9. The minimum Gasteiger partial charge on any atom is -0.390 e. The summed E-state index contributed by atoms with van der Waals surface area (Å²) in [4.78, 5) is 42.9. The number of fused-ring (bicyclic) bond motifs is 1. The maximum atomic E-state index is 11.9. The molecule has 3 rings (SSSR count). The lowest BCUT2D eigenvalue weighted by Crippen LogP contribution is -2.28. The number of nitrogens with two attached hydrogens (primary N) is 1. The molecule has 4 atom stereocenters. The second-order valence-corrected chi connectivity index (χ2v) is 8.01. The van der Waals surface area contributed by atoms with Gasteiger partial charge < -0.3 is 25.8 Å². The van der Waals surface area contributed by atoms with Crippen LogP contribution in [0.15, 0.2) is 11.1 Å². The van der Waals surface area contributed by atoms with Crippen LogP contribution in [-0.4, -0.2) is 73.3 Å². The molecule has 1 fully saturated rings. The van der Waals surface area contributed by atoms with Crippen molar-refractivity contribution in [2.24, 2.45) is 0 Å². The molecule has 1 amide bonds. The zero-order valence-corrected chi connectivity index (χ0v) is 17.1. The number of phosphoric ester groups is 1. The number of anilines is 1. The number of hydrogen-bond acceptors (Lipinski definition) is 10. The van der Waals surface area contributed by atoms with E-state index < -0.39 is 44.3 Å². The summed E-state index contributed by atoms with van der Waals surface area (Å²) in [5, 5.41) is 12.6. The lowest BCUT2D eigenvalue weighted by molar-refractivity contribution is -0.118. The van der Waals surface area contributed by atoms with Gasteiger partial charge in [0.2, 0.25) is 11.9 Å². The molecule has 14 nitrogen and oxygen atoms in total. The van der Waals surface area contributed by atoms with E-state index in [0.29, 0.717) is 0 Å². The minimum atomic E-state index is -4.44. The molecule has 1 unspecified atom stereocenters. The lowest BCUT2D eigenvalue weighted by atomic mass is 10.2. The standard InChI is InChI=1S/C14H20ClN6O8P/c15-4-9(23)17-1-2-27-30(25,26)28-5-8-7(22)3-10(29-8)21-6-18-11-12(21)19-14(16)20-13(11)24/h6-8,10,22H,1-5H2,(H,17,23)(H,25,26)(H3,16,19,20,24)/t7-,8-,10-/m1/s1. The number of hydrogen-bond donors (Lipinski definition) is 5. The Hall–Kier alpha value is -2.06. The molecule has 0 bridgehead atoms. The van der Waals surface area contributed by atoms with Crippen LogP contribution >= 0.6 is 19.4 Å². The number of aromatic amines is 1. The third-order valence-corrected chi connectivity index (χ3v) is 5.39. The number of carbonyl (C=O) groups excluding carboxylic acids is 1. The van der Waals surface area contributed by atoms with Gasteiger partial charge >= 0.3 is 7.82 Å². The predicted molar refractivity (Wildman–Crippen MR) is 103 cm³/mol. The average molecular weight is 467 g/mol. The molecule has 3 heterocycles. The second-order valence-electron chi connectivity index (χ2n) is 6.29. The Bertz CT molecular complexity index is 1010. The van der Waals surface area contributed by atoms with Crippen LogP contribution < -0.4 is 16.6 Å². The first-order chi connectivity index (χ1) is 14.2. The Kier molecular flexibility index (Phi) is 7.08. The summed E-state index contributed by atoms with van der Waals surface area (Å²) < 4.78 is 28.6. The first kappa shape index (κ1) is 22.6. The van der Waals surface area contributed by atoms with Gasteiger partial charge in [0.05, 0.1) is 25.6 Å². The van der Waals surface area contributed by atoms with E-state index in [1.54, 1.807) is 0 Å². The minimum absolute atomic E-state index is 0.0347. The van der Waals surface area contributed by atoms with Gasteiger partial charge in [-0.2, -0.15) is 4.98 Å². The number of nitrogens with one attached hydrogen (secondary N) is 2. The van der Waals surface area contributed by atoms with E-state index in [-0.39, 0.29) is 42.6 Å². The maximum Gasteiger partial charge on any atom is 0.472 e. The normalized spacial score (nSPS) is 23.5. The molecule has 16 heteroatoms. The van der Waals surface area contributed by atoms with Crippen molar-refractivity contribution >= 4 is 42.4 Å². The number of rotatable bonds is 9. The first-order valence-corrected chi connectivity index (χ1v) is 10.7. The predicted octanol–water partition coefficient (Wildman–Crippen LogP) is -1.16. The third kappa shape index (κ3) is 5.35. The number of halogens is 1. The molecule has 0 spiro atoms. The summed E-state index contributed by atoms with van der Waals surface area (Å²) >= 11 is 5.30. The topological polar surface area (TPSA) is 204 Å². The zero-order chi connectivity index (χ0) is 21.9. The van der Waals surface area contributed by atoms with Crippen molar-refractivity contribution in [3.63, 3.8) is 0 Å². The molecule has 6 N–H and O–H groups in total. The van der Waals surface area contributed by atoms with E-state index >= 15 is 0 Å². The van der Waals surface area contributed by atoms with E-state index in [0.717, 1.165) is 0 Å². The summed E-state index contributed by atoms with van der Waals surface area (Å²) in [6, 6.07) is 0. The van der Waals surface area contributed by atoms with Gasteiger partial charge in [-0.25, -0.2) is 9.55 Å². The van der Waals surface area contributed by atoms with E-state index in [1.807, 2.05) is 0 Å². The number of imidazole rings is 1.